The molecule has 8 nitrogen and oxygen atoms in total. The fourth-order valence-corrected chi connectivity index (χ4v) is 5.74. The SMILES string of the molecule is NC(=O)NC(CC(=O)N1CCN(S(=O)(=O)c2ccc(Cl)c(Cl)c2)CC1)c1cccs1. The molecule has 12 heteroatoms. The minimum absolute atomic E-state index is 0.0446. The third-order valence-corrected chi connectivity index (χ3v) is 8.32. The number of rotatable bonds is 6. The number of nitrogens with zero attached hydrogens (tertiary/aromatic N) is 2. The summed E-state index contributed by atoms with van der Waals surface area (Å²) in [5.41, 5.74) is 5.23. The average Bonchev–Trinajstić information content (AvgIpc) is 3.24. The topological polar surface area (TPSA) is 113 Å². The van der Waals surface area contributed by atoms with Crippen LogP contribution in [0.2, 0.25) is 10.0 Å². The number of hydrogen-bond acceptors (Lipinski definition) is 5. The predicted octanol–water partition coefficient (Wildman–Crippen LogP) is 2.69. The zero-order chi connectivity index (χ0) is 21.9. The van der Waals surface area contributed by atoms with E-state index in [1.807, 2.05) is 17.5 Å². The number of urea groups is 1. The summed E-state index contributed by atoms with van der Waals surface area (Å²) in [6, 6.07) is 6.58. The van der Waals surface area contributed by atoms with Crippen LogP contribution >= 0.6 is 34.5 Å². The molecule has 1 aliphatic heterocycles. The van der Waals surface area contributed by atoms with Crippen LogP contribution in [0.25, 0.3) is 0 Å². The molecular formula is C18H20Cl2N4O4S2. The smallest absolute Gasteiger partial charge is 0.312 e. The molecule has 3 rings (SSSR count). The molecule has 0 saturated carbocycles. The van der Waals surface area contributed by atoms with E-state index in [2.05, 4.69) is 5.32 Å². The van der Waals surface area contributed by atoms with Gasteiger partial charge < -0.3 is 16.0 Å². The van der Waals surface area contributed by atoms with Gasteiger partial charge in [0.25, 0.3) is 0 Å². The molecule has 1 aromatic heterocycles. The van der Waals surface area contributed by atoms with Crippen molar-refractivity contribution in [3.8, 4) is 0 Å². The number of carbonyl (C=O) groups excluding carboxylic acids is 2. The Kier molecular flexibility index (Phi) is 7.25. The number of sulfonamides is 1. The van der Waals surface area contributed by atoms with Gasteiger partial charge in [0.05, 0.1) is 27.4 Å². The van der Waals surface area contributed by atoms with Gasteiger partial charge in [-0.25, -0.2) is 13.2 Å². The Balaban J connectivity index is 1.63. The van der Waals surface area contributed by atoms with Crippen LogP contribution in [0.4, 0.5) is 4.79 Å². The monoisotopic (exact) mass is 490 g/mol. The van der Waals surface area contributed by atoms with E-state index < -0.39 is 22.1 Å². The van der Waals surface area contributed by atoms with Gasteiger partial charge in [-0.05, 0) is 29.6 Å². The molecule has 0 aliphatic carbocycles. The lowest BCUT2D eigenvalue weighted by atomic mass is 10.1. The zero-order valence-electron chi connectivity index (χ0n) is 15.8. The largest absolute Gasteiger partial charge is 0.352 e. The second-order valence-corrected chi connectivity index (χ2v) is 10.4. The quantitative estimate of drug-likeness (QED) is 0.647. The summed E-state index contributed by atoms with van der Waals surface area (Å²) in [5, 5.41) is 4.87. The van der Waals surface area contributed by atoms with E-state index in [4.69, 9.17) is 28.9 Å². The van der Waals surface area contributed by atoms with Crippen molar-refractivity contribution < 1.29 is 18.0 Å². The molecule has 162 valence electrons. The van der Waals surface area contributed by atoms with Crippen LogP contribution in [-0.4, -0.2) is 55.7 Å². The number of thiophene rings is 1. The van der Waals surface area contributed by atoms with E-state index in [9.17, 15) is 18.0 Å². The fourth-order valence-electron chi connectivity index (χ4n) is 3.15. The summed E-state index contributed by atoms with van der Waals surface area (Å²) in [4.78, 5) is 26.5. The first-order valence-electron chi connectivity index (χ1n) is 9.01. The van der Waals surface area contributed by atoms with Crippen molar-refractivity contribution in [3.63, 3.8) is 0 Å². The van der Waals surface area contributed by atoms with Crippen molar-refractivity contribution in [2.24, 2.45) is 5.73 Å². The van der Waals surface area contributed by atoms with Gasteiger partial charge in [0.1, 0.15) is 0 Å². The minimum atomic E-state index is -3.74. The maximum Gasteiger partial charge on any atom is 0.312 e. The van der Waals surface area contributed by atoms with Crippen molar-refractivity contribution in [1.29, 1.82) is 0 Å². The number of amides is 3. The molecule has 30 heavy (non-hydrogen) atoms. The number of carbonyl (C=O) groups is 2. The van der Waals surface area contributed by atoms with Gasteiger partial charge in [0.2, 0.25) is 15.9 Å². The van der Waals surface area contributed by atoms with Crippen molar-refractivity contribution in [2.45, 2.75) is 17.4 Å². The summed E-state index contributed by atoms with van der Waals surface area (Å²) in [6.45, 7) is 0.794. The molecule has 3 N–H and O–H groups in total. The molecular weight excluding hydrogens is 471 g/mol. The average molecular weight is 491 g/mol. The fraction of sp³-hybridized carbons (Fsp3) is 0.333. The van der Waals surface area contributed by atoms with Crippen LogP contribution in [0.15, 0.2) is 40.6 Å². The van der Waals surface area contributed by atoms with E-state index >= 15 is 0 Å². The van der Waals surface area contributed by atoms with Gasteiger partial charge in [0.15, 0.2) is 0 Å². The highest BCUT2D eigenvalue weighted by atomic mass is 35.5. The van der Waals surface area contributed by atoms with Crippen molar-refractivity contribution in [3.05, 3.63) is 50.6 Å². The Morgan fingerprint density at radius 3 is 2.40 bits per heavy atom. The van der Waals surface area contributed by atoms with Gasteiger partial charge in [-0.3, -0.25) is 4.79 Å². The number of primary amides is 1. The number of halogens is 2. The van der Waals surface area contributed by atoms with Crippen molar-refractivity contribution >= 4 is 56.5 Å². The highest BCUT2D eigenvalue weighted by Gasteiger charge is 2.31. The highest BCUT2D eigenvalue weighted by molar-refractivity contribution is 7.89. The minimum Gasteiger partial charge on any atom is -0.352 e. The third kappa shape index (κ3) is 5.25. The molecule has 3 amide bonds. The molecule has 1 saturated heterocycles. The Labute approximate surface area is 188 Å². The van der Waals surface area contributed by atoms with E-state index in [0.717, 1.165) is 4.88 Å². The summed E-state index contributed by atoms with van der Waals surface area (Å²) in [5.74, 6) is -0.186. The maximum absolute atomic E-state index is 12.8. The number of hydrogen-bond donors (Lipinski definition) is 2. The summed E-state index contributed by atoms with van der Waals surface area (Å²) in [6.07, 6.45) is 0.0446. The molecule has 0 bridgehead atoms. The second-order valence-electron chi connectivity index (χ2n) is 6.64. The number of nitrogens with one attached hydrogen (secondary N) is 1. The molecule has 2 heterocycles. The van der Waals surface area contributed by atoms with Gasteiger partial charge in [-0.2, -0.15) is 4.31 Å². The van der Waals surface area contributed by atoms with Crippen LogP contribution < -0.4 is 11.1 Å². The second kappa shape index (κ2) is 9.52. The van der Waals surface area contributed by atoms with Gasteiger partial charge >= 0.3 is 6.03 Å². The first kappa shape index (κ1) is 22.8. The van der Waals surface area contributed by atoms with Gasteiger partial charge in [0, 0.05) is 31.1 Å². The molecule has 1 atom stereocenters. The van der Waals surface area contributed by atoms with E-state index in [-0.39, 0.29) is 53.4 Å². The first-order valence-corrected chi connectivity index (χ1v) is 12.1. The molecule has 1 unspecified atom stereocenters. The normalized spacial score (nSPS) is 16.3. The molecule has 1 fully saturated rings. The first-order chi connectivity index (χ1) is 14.2. The van der Waals surface area contributed by atoms with Gasteiger partial charge in [-0.1, -0.05) is 29.3 Å². The zero-order valence-corrected chi connectivity index (χ0v) is 18.9. The Morgan fingerprint density at radius 2 is 1.83 bits per heavy atom. The molecule has 0 spiro atoms. The summed E-state index contributed by atoms with van der Waals surface area (Å²) < 4.78 is 27.0. The highest BCUT2D eigenvalue weighted by Crippen LogP contribution is 2.27. The van der Waals surface area contributed by atoms with Crippen LogP contribution in [0.5, 0.6) is 0 Å². The van der Waals surface area contributed by atoms with Crippen molar-refractivity contribution in [1.82, 2.24) is 14.5 Å². The Morgan fingerprint density at radius 1 is 1.13 bits per heavy atom. The van der Waals surface area contributed by atoms with Crippen LogP contribution in [0, 0.1) is 0 Å². The van der Waals surface area contributed by atoms with E-state index in [1.165, 1.54) is 33.8 Å². The van der Waals surface area contributed by atoms with Crippen LogP contribution in [-0.2, 0) is 14.8 Å². The van der Waals surface area contributed by atoms with E-state index in [0.29, 0.717) is 0 Å². The number of nitrogens with two attached hydrogens (primary N) is 1. The maximum atomic E-state index is 12.8. The molecule has 1 aliphatic rings. The van der Waals surface area contributed by atoms with Crippen molar-refractivity contribution in [2.75, 3.05) is 26.2 Å². The van der Waals surface area contributed by atoms with Gasteiger partial charge in [-0.15, -0.1) is 11.3 Å². The lowest BCUT2D eigenvalue weighted by Crippen LogP contribution is -2.51. The molecule has 0 radical (unpaired) electrons. The Bertz CT molecular complexity index is 1020. The van der Waals surface area contributed by atoms with E-state index in [1.54, 1.807) is 4.90 Å². The van der Waals surface area contributed by atoms with Crippen LogP contribution in [0.1, 0.15) is 17.3 Å². The lowest BCUT2D eigenvalue weighted by Gasteiger charge is -2.34. The number of benzene rings is 1. The summed E-state index contributed by atoms with van der Waals surface area (Å²) in [7, 11) is -3.74. The number of piperazine rings is 1. The Hall–Kier alpha value is -1.85. The standard InChI is InChI=1S/C18H20Cl2N4O4S2/c19-13-4-3-12(10-14(13)20)30(27,28)24-7-5-23(6-8-24)17(25)11-15(22-18(21)26)16-2-1-9-29-16/h1-4,9-10,15H,5-8,11H2,(H3,21,22,26). The predicted molar refractivity (Wildman–Crippen MR) is 116 cm³/mol. The summed E-state index contributed by atoms with van der Waals surface area (Å²) >= 11 is 13.2. The molecule has 1 aromatic carbocycles. The third-order valence-electron chi connectivity index (χ3n) is 4.70. The lowest BCUT2D eigenvalue weighted by molar-refractivity contribution is -0.132. The molecule has 2 aromatic rings. The van der Waals surface area contributed by atoms with Crippen LogP contribution in [0.3, 0.4) is 0 Å².